The van der Waals surface area contributed by atoms with Crippen LogP contribution < -0.4 is 11.5 Å². The van der Waals surface area contributed by atoms with Gasteiger partial charge in [-0.1, -0.05) is 0 Å². The third-order valence-electron chi connectivity index (χ3n) is 1.37. The summed E-state index contributed by atoms with van der Waals surface area (Å²) in [6.07, 6.45) is 0. The highest BCUT2D eigenvalue weighted by Crippen LogP contribution is 1.99. The predicted octanol–water partition coefficient (Wildman–Crippen LogP) is -2.07. The van der Waals surface area contributed by atoms with Crippen LogP contribution in [-0.4, -0.2) is 39.0 Å². The molecule has 14 heavy (non-hydrogen) atoms. The van der Waals surface area contributed by atoms with Gasteiger partial charge in [0.1, 0.15) is 6.73 Å². The summed E-state index contributed by atoms with van der Waals surface area (Å²) in [6.45, 7) is 0.0785. The van der Waals surface area contributed by atoms with E-state index in [4.69, 9.17) is 21.3 Å². The molecule has 0 aliphatic carbocycles. The Labute approximate surface area is 79.5 Å². The van der Waals surface area contributed by atoms with Crippen LogP contribution in [0.5, 0.6) is 0 Å². The van der Waals surface area contributed by atoms with Crippen LogP contribution >= 0.6 is 0 Å². The van der Waals surface area contributed by atoms with Gasteiger partial charge in [0, 0.05) is 0 Å². The summed E-state index contributed by atoms with van der Waals surface area (Å²) >= 11 is 0. The first kappa shape index (κ1) is 10.4. The van der Waals surface area contributed by atoms with E-state index in [1.807, 2.05) is 0 Å². The fourth-order valence-corrected chi connectivity index (χ4v) is 0.769. The normalized spacial score (nSPS) is 10.4. The Morgan fingerprint density at radius 2 is 2.36 bits per heavy atom. The second-order valence-corrected chi connectivity index (χ2v) is 2.42. The van der Waals surface area contributed by atoms with Crippen molar-refractivity contribution in [3.05, 3.63) is 5.82 Å². The molecular weight excluding hydrogens is 190 g/mol. The monoisotopic (exact) mass is 201 g/mol. The van der Waals surface area contributed by atoms with Gasteiger partial charge in [-0.05, 0) is 0 Å². The molecule has 1 aromatic heterocycles. The SMILES string of the molecule is NC(=O)c1nc(N)n(COCCO)n1. The summed E-state index contributed by atoms with van der Waals surface area (Å²) in [5, 5.41) is 12.1. The van der Waals surface area contributed by atoms with Crippen molar-refractivity contribution < 1.29 is 14.6 Å². The Hall–Kier alpha value is -1.67. The molecule has 0 aliphatic rings. The molecule has 0 saturated carbocycles. The van der Waals surface area contributed by atoms with E-state index in [9.17, 15) is 4.79 Å². The van der Waals surface area contributed by atoms with E-state index in [-0.39, 0.29) is 31.7 Å². The molecule has 78 valence electrons. The number of hydrogen-bond acceptors (Lipinski definition) is 6. The molecule has 0 atom stereocenters. The lowest BCUT2D eigenvalue weighted by Crippen LogP contribution is -2.14. The highest BCUT2D eigenvalue weighted by molar-refractivity contribution is 5.88. The third-order valence-corrected chi connectivity index (χ3v) is 1.37. The molecule has 0 spiro atoms. The number of carbonyl (C=O) groups excluding carboxylic acids is 1. The van der Waals surface area contributed by atoms with Crippen molar-refractivity contribution in [1.29, 1.82) is 0 Å². The van der Waals surface area contributed by atoms with Gasteiger partial charge in [0.25, 0.3) is 5.91 Å². The second kappa shape index (κ2) is 4.53. The molecule has 0 unspecified atom stereocenters. The van der Waals surface area contributed by atoms with E-state index in [1.54, 1.807) is 0 Å². The van der Waals surface area contributed by atoms with Gasteiger partial charge >= 0.3 is 0 Å². The zero-order chi connectivity index (χ0) is 10.6. The molecule has 0 bridgehead atoms. The van der Waals surface area contributed by atoms with Crippen molar-refractivity contribution in [3.63, 3.8) is 0 Å². The first-order valence-corrected chi connectivity index (χ1v) is 3.84. The minimum atomic E-state index is -0.752. The molecule has 5 N–H and O–H groups in total. The summed E-state index contributed by atoms with van der Waals surface area (Å²) in [7, 11) is 0. The number of anilines is 1. The number of nitrogen functional groups attached to an aromatic ring is 1. The minimum absolute atomic E-state index is 0.0205. The van der Waals surface area contributed by atoms with Crippen LogP contribution in [0.2, 0.25) is 0 Å². The molecule has 1 amide bonds. The maximum atomic E-state index is 10.6. The Kier molecular flexibility index (Phi) is 3.37. The van der Waals surface area contributed by atoms with Crippen LogP contribution in [0.3, 0.4) is 0 Å². The Morgan fingerprint density at radius 3 is 2.86 bits per heavy atom. The number of rotatable bonds is 5. The summed E-state index contributed by atoms with van der Waals surface area (Å²) in [5.41, 5.74) is 10.3. The van der Waals surface area contributed by atoms with E-state index >= 15 is 0 Å². The number of ether oxygens (including phenoxy) is 1. The van der Waals surface area contributed by atoms with Crippen LogP contribution in [-0.2, 0) is 11.5 Å². The molecule has 8 heteroatoms. The number of aliphatic hydroxyl groups is 1. The third kappa shape index (κ3) is 2.41. The number of carbonyl (C=O) groups is 1. The molecule has 1 heterocycles. The number of primary amides is 1. The van der Waals surface area contributed by atoms with Crippen molar-refractivity contribution in [3.8, 4) is 0 Å². The number of hydrogen-bond donors (Lipinski definition) is 3. The lowest BCUT2D eigenvalue weighted by molar-refractivity contribution is 0.0428. The van der Waals surface area contributed by atoms with Gasteiger partial charge in [0.2, 0.25) is 11.8 Å². The maximum absolute atomic E-state index is 10.6. The highest BCUT2D eigenvalue weighted by atomic mass is 16.5. The summed E-state index contributed by atoms with van der Waals surface area (Å²) in [4.78, 5) is 14.2. The standard InChI is InChI=1S/C6H11N5O3/c7-4(13)5-9-6(8)11(10-5)3-14-2-1-12/h12H,1-3H2,(H2,7,13)(H2,8,9,10). The van der Waals surface area contributed by atoms with Crippen molar-refractivity contribution in [2.45, 2.75) is 6.73 Å². The average Bonchev–Trinajstić information content (AvgIpc) is 2.49. The first-order valence-electron chi connectivity index (χ1n) is 3.84. The van der Waals surface area contributed by atoms with Gasteiger partial charge in [-0.3, -0.25) is 4.79 Å². The maximum Gasteiger partial charge on any atom is 0.288 e. The van der Waals surface area contributed by atoms with Gasteiger partial charge < -0.3 is 21.3 Å². The van der Waals surface area contributed by atoms with E-state index in [2.05, 4.69) is 10.1 Å². The van der Waals surface area contributed by atoms with Crippen molar-refractivity contribution in [2.75, 3.05) is 18.9 Å². The van der Waals surface area contributed by atoms with Crippen molar-refractivity contribution in [2.24, 2.45) is 5.73 Å². The number of aromatic nitrogens is 3. The first-order chi connectivity index (χ1) is 6.65. The molecule has 0 radical (unpaired) electrons. The van der Waals surface area contributed by atoms with Gasteiger partial charge in [-0.25, -0.2) is 4.68 Å². The van der Waals surface area contributed by atoms with Gasteiger partial charge in [-0.2, -0.15) is 4.98 Å². The van der Waals surface area contributed by atoms with E-state index in [0.717, 1.165) is 0 Å². The van der Waals surface area contributed by atoms with Crippen LogP contribution in [0.4, 0.5) is 5.95 Å². The Balaban J connectivity index is 2.63. The predicted molar refractivity (Wildman–Crippen MR) is 46.0 cm³/mol. The van der Waals surface area contributed by atoms with E-state index in [0.29, 0.717) is 0 Å². The topological polar surface area (TPSA) is 129 Å². The fraction of sp³-hybridized carbons (Fsp3) is 0.500. The van der Waals surface area contributed by atoms with Crippen molar-refractivity contribution in [1.82, 2.24) is 14.8 Å². The highest BCUT2D eigenvalue weighted by Gasteiger charge is 2.10. The number of nitrogens with two attached hydrogens (primary N) is 2. The summed E-state index contributed by atoms with van der Waals surface area (Å²) < 4.78 is 6.10. The molecule has 8 nitrogen and oxygen atoms in total. The van der Waals surface area contributed by atoms with Gasteiger partial charge in [-0.15, -0.1) is 5.10 Å². The zero-order valence-electron chi connectivity index (χ0n) is 7.38. The van der Waals surface area contributed by atoms with E-state index in [1.165, 1.54) is 4.68 Å². The quantitative estimate of drug-likeness (QED) is 0.469. The van der Waals surface area contributed by atoms with Gasteiger partial charge in [0.05, 0.1) is 13.2 Å². The lowest BCUT2D eigenvalue weighted by Gasteiger charge is -2.01. The molecule has 1 aromatic rings. The minimum Gasteiger partial charge on any atom is -0.394 e. The summed E-state index contributed by atoms with van der Waals surface area (Å²) in [5.74, 6) is -0.871. The zero-order valence-corrected chi connectivity index (χ0v) is 7.38. The number of aliphatic hydroxyl groups excluding tert-OH is 1. The van der Waals surface area contributed by atoms with E-state index < -0.39 is 5.91 Å². The molecular formula is C6H11N5O3. The van der Waals surface area contributed by atoms with Crippen molar-refractivity contribution >= 4 is 11.9 Å². The second-order valence-electron chi connectivity index (χ2n) is 2.42. The molecule has 1 rings (SSSR count). The fourth-order valence-electron chi connectivity index (χ4n) is 0.769. The Morgan fingerprint density at radius 1 is 1.64 bits per heavy atom. The molecule has 0 aliphatic heterocycles. The molecule has 0 aromatic carbocycles. The van der Waals surface area contributed by atoms with Crippen LogP contribution in [0.25, 0.3) is 0 Å². The average molecular weight is 201 g/mol. The molecule has 0 fully saturated rings. The smallest absolute Gasteiger partial charge is 0.288 e. The number of nitrogens with zero attached hydrogens (tertiary/aromatic N) is 3. The molecule has 0 saturated heterocycles. The lowest BCUT2D eigenvalue weighted by atomic mass is 10.6. The van der Waals surface area contributed by atoms with Crippen LogP contribution in [0, 0.1) is 0 Å². The number of amides is 1. The largest absolute Gasteiger partial charge is 0.394 e. The van der Waals surface area contributed by atoms with Gasteiger partial charge in [0.15, 0.2) is 0 Å². The summed E-state index contributed by atoms with van der Waals surface area (Å²) in [6, 6.07) is 0. The Bertz CT molecular complexity index is 323. The van der Waals surface area contributed by atoms with Crippen LogP contribution in [0.1, 0.15) is 10.6 Å². The van der Waals surface area contributed by atoms with Crippen LogP contribution in [0.15, 0.2) is 0 Å².